The van der Waals surface area contributed by atoms with Crippen LogP contribution in [-0.4, -0.2) is 20.9 Å². The van der Waals surface area contributed by atoms with Gasteiger partial charge in [0.25, 0.3) is 5.91 Å². The van der Waals surface area contributed by atoms with E-state index in [1.54, 1.807) is 17.5 Å². The standard InChI is InChI=1S/C20H16N4OS/c1-12-3-8-16-18(9-12)26-20(24-16)14-4-6-15(7-5-14)23-19(25)17-11-21-13(2)10-22-17/h3-11H,1-2H3,(H,23,25). The maximum atomic E-state index is 12.2. The van der Waals surface area contributed by atoms with Crippen LogP contribution in [0.2, 0.25) is 0 Å². The van der Waals surface area contributed by atoms with Gasteiger partial charge < -0.3 is 5.32 Å². The molecule has 6 heteroatoms. The molecule has 5 nitrogen and oxygen atoms in total. The van der Waals surface area contributed by atoms with Crippen LogP contribution in [0, 0.1) is 13.8 Å². The van der Waals surface area contributed by atoms with E-state index in [0.717, 1.165) is 21.8 Å². The van der Waals surface area contributed by atoms with Crippen LogP contribution < -0.4 is 5.32 Å². The lowest BCUT2D eigenvalue weighted by molar-refractivity contribution is 0.102. The SMILES string of the molecule is Cc1ccc2nc(-c3ccc(NC(=O)c4cnc(C)cn4)cc3)sc2c1. The predicted octanol–water partition coefficient (Wildman–Crippen LogP) is 4.62. The highest BCUT2D eigenvalue weighted by molar-refractivity contribution is 7.21. The lowest BCUT2D eigenvalue weighted by Gasteiger charge is -2.05. The van der Waals surface area contributed by atoms with E-state index in [-0.39, 0.29) is 5.91 Å². The first kappa shape index (κ1) is 16.4. The molecule has 4 rings (SSSR count). The summed E-state index contributed by atoms with van der Waals surface area (Å²) in [6, 6.07) is 13.9. The number of thiazole rings is 1. The van der Waals surface area contributed by atoms with Crippen molar-refractivity contribution in [3.63, 3.8) is 0 Å². The lowest BCUT2D eigenvalue weighted by Crippen LogP contribution is -2.14. The smallest absolute Gasteiger partial charge is 0.275 e. The second-order valence-electron chi connectivity index (χ2n) is 6.06. The fraction of sp³-hybridized carbons (Fsp3) is 0.100. The highest BCUT2D eigenvalue weighted by atomic mass is 32.1. The molecule has 0 bridgehead atoms. The molecule has 128 valence electrons. The third-order valence-electron chi connectivity index (χ3n) is 3.95. The van der Waals surface area contributed by atoms with E-state index >= 15 is 0 Å². The Bertz CT molecular complexity index is 1090. The van der Waals surface area contributed by atoms with Gasteiger partial charge in [-0.3, -0.25) is 9.78 Å². The molecule has 4 aromatic rings. The van der Waals surface area contributed by atoms with Crippen molar-refractivity contribution in [3.8, 4) is 10.6 Å². The van der Waals surface area contributed by atoms with E-state index in [2.05, 4.69) is 39.3 Å². The molecule has 0 saturated heterocycles. The Balaban J connectivity index is 1.54. The molecule has 0 aliphatic carbocycles. The van der Waals surface area contributed by atoms with Crippen LogP contribution in [0.5, 0.6) is 0 Å². The van der Waals surface area contributed by atoms with Gasteiger partial charge in [0.1, 0.15) is 10.7 Å². The molecule has 0 aliphatic heterocycles. The fourth-order valence-electron chi connectivity index (χ4n) is 2.56. The number of carbonyl (C=O) groups is 1. The number of fused-ring (bicyclic) bond motifs is 1. The Hall–Kier alpha value is -3.12. The van der Waals surface area contributed by atoms with E-state index in [9.17, 15) is 4.79 Å². The monoisotopic (exact) mass is 360 g/mol. The summed E-state index contributed by atoms with van der Waals surface area (Å²) >= 11 is 1.67. The van der Waals surface area contributed by atoms with Gasteiger partial charge in [0.2, 0.25) is 0 Å². The third kappa shape index (κ3) is 3.32. The summed E-state index contributed by atoms with van der Waals surface area (Å²) in [4.78, 5) is 25.1. The molecule has 0 saturated carbocycles. The number of carbonyl (C=O) groups excluding carboxylic acids is 1. The van der Waals surface area contributed by atoms with E-state index in [1.807, 2.05) is 37.3 Å². The Morgan fingerprint density at radius 2 is 1.81 bits per heavy atom. The molecule has 2 aromatic carbocycles. The largest absolute Gasteiger partial charge is 0.321 e. The van der Waals surface area contributed by atoms with Crippen molar-refractivity contribution in [1.29, 1.82) is 0 Å². The van der Waals surface area contributed by atoms with Crippen molar-refractivity contribution in [2.75, 3.05) is 5.32 Å². The van der Waals surface area contributed by atoms with Crippen molar-refractivity contribution in [2.45, 2.75) is 13.8 Å². The second kappa shape index (κ2) is 6.65. The summed E-state index contributed by atoms with van der Waals surface area (Å²) in [5, 5.41) is 3.80. The van der Waals surface area contributed by atoms with Gasteiger partial charge in [-0.15, -0.1) is 11.3 Å². The highest BCUT2D eigenvalue weighted by Gasteiger charge is 2.10. The zero-order valence-corrected chi connectivity index (χ0v) is 15.2. The summed E-state index contributed by atoms with van der Waals surface area (Å²) in [5.74, 6) is -0.277. The zero-order valence-electron chi connectivity index (χ0n) is 14.4. The van der Waals surface area contributed by atoms with Crippen LogP contribution in [0.3, 0.4) is 0 Å². The summed E-state index contributed by atoms with van der Waals surface area (Å²) in [6.07, 6.45) is 3.05. The second-order valence-corrected chi connectivity index (χ2v) is 7.10. The molecule has 2 heterocycles. The number of nitrogens with one attached hydrogen (secondary N) is 1. The van der Waals surface area contributed by atoms with Crippen molar-refractivity contribution in [1.82, 2.24) is 15.0 Å². The molecule has 0 spiro atoms. The normalized spacial score (nSPS) is 10.8. The average molecular weight is 360 g/mol. The van der Waals surface area contributed by atoms with Gasteiger partial charge in [0.15, 0.2) is 0 Å². The van der Waals surface area contributed by atoms with Gasteiger partial charge in [-0.2, -0.15) is 0 Å². The Morgan fingerprint density at radius 1 is 1.00 bits per heavy atom. The van der Waals surface area contributed by atoms with Crippen LogP contribution in [0.25, 0.3) is 20.8 Å². The number of aryl methyl sites for hydroxylation is 2. The first-order valence-corrected chi connectivity index (χ1v) is 8.98. The molecule has 0 radical (unpaired) electrons. The van der Waals surface area contributed by atoms with Gasteiger partial charge in [-0.1, -0.05) is 6.07 Å². The van der Waals surface area contributed by atoms with Crippen LogP contribution in [0.1, 0.15) is 21.7 Å². The van der Waals surface area contributed by atoms with E-state index in [4.69, 9.17) is 0 Å². The first-order valence-electron chi connectivity index (χ1n) is 8.16. The van der Waals surface area contributed by atoms with E-state index in [0.29, 0.717) is 11.4 Å². The molecule has 0 atom stereocenters. The quantitative estimate of drug-likeness (QED) is 0.579. The highest BCUT2D eigenvalue weighted by Crippen LogP contribution is 2.31. The number of nitrogens with zero attached hydrogens (tertiary/aromatic N) is 3. The fourth-order valence-corrected chi connectivity index (χ4v) is 3.63. The van der Waals surface area contributed by atoms with Crippen LogP contribution in [-0.2, 0) is 0 Å². The number of hydrogen-bond acceptors (Lipinski definition) is 5. The minimum absolute atomic E-state index is 0.277. The van der Waals surface area contributed by atoms with Gasteiger partial charge in [0, 0.05) is 17.4 Å². The number of amides is 1. The Morgan fingerprint density at radius 3 is 2.54 bits per heavy atom. The molecule has 0 unspecified atom stereocenters. The van der Waals surface area contributed by atoms with Crippen LogP contribution in [0.4, 0.5) is 5.69 Å². The van der Waals surface area contributed by atoms with Crippen molar-refractivity contribution < 1.29 is 4.79 Å². The lowest BCUT2D eigenvalue weighted by atomic mass is 10.2. The maximum absolute atomic E-state index is 12.2. The van der Waals surface area contributed by atoms with Crippen LogP contribution in [0.15, 0.2) is 54.9 Å². The first-order chi connectivity index (χ1) is 12.6. The summed E-state index contributed by atoms with van der Waals surface area (Å²) in [5.41, 5.74) is 5.03. The van der Waals surface area contributed by atoms with Crippen LogP contribution >= 0.6 is 11.3 Å². The maximum Gasteiger partial charge on any atom is 0.275 e. The molecule has 1 N–H and O–H groups in total. The summed E-state index contributed by atoms with van der Waals surface area (Å²) in [7, 11) is 0. The number of anilines is 1. The number of rotatable bonds is 3. The predicted molar refractivity (Wildman–Crippen MR) is 105 cm³/mol. The molecule has 2 aromatic heterocycles. The van der Waals surface area contributed by atoms with Gasteiger partial charge >= 0.3 is 0 Å². The third-order valence-corrected chi connectivity index (χ3v) is 5.01. The van der Waals surface area contributed by atoms with Crippen molar-refractivity contribution in [3.05, 3.63) is 71.8 Å². The molecule has 0 fully saturated rings. The molecule has 1 amide bonds. The molecular weight excluding hydrogens is 344 g/mol. The van der Waals surface area contributed by atoms with E-state index < -0.39 is 0 Å². The minimum Gasteiger partial charge on any atom is -0.321 e. The minimum atomic E-state index is -0.277. The molecule has 0 aliphatic rings. The van der Waals surface area contributed by atoms with Gasteiger partial charge in [-0.25, -0.2) is 9.97 Å². The Labute approximate surface area is 154 Å². The zero-order chi connectivity index (χ0) is 18.1. The molecule has 26 heavy (non-hydrogen) atoms. The van der Waals surface area contributed by atoms with Gasteiger partial charge in [0.05, 0.1) is 22.1 Å². The number of hydrogen-bond donors (Lipinski definition) is 1. The Kier molecular flexibility index (Phi) is 4.18. The molecular formula is C20H16N4OS. The number of aromatic nitrogens is 3. The average Bonchev–Trinajstić information content (AvgIpc) is 3.06. The summed E-state index contributed by atoms with van der Waals surface area (Å²) < 4.78 is 1.18. The summed E-state index contributed by atoms with van der Waals surface area (Å²) in [6.45, 7) is 3.91. The number of benzene rings is 2. The van der Waals surface area contributed by atoms with Crippen molar-refractivity contribution in [2.24, 2.45) is 0 Å². The topological polar surface area (TPSA) is 67.8 Å². The van der Waals surface area contributed by atoms with Gasteiger partial charge in [-0.05, 0) is 55.8 Å². The van der Waals surface area contributed by atoms with E-state index in [1.165, 1.54) is 16.5 Å². The van der Waals surface area contributed by atoms with Crippen molar-refractivity contribution >= 4 is 33.1 Å².